The molecule has 1 heterocycles. The van der Waals surface area contributed by atoms with Crippen LogP contribution in [0.4, 0.5) is 11.4 Å². The topological polar surface area (TPSA) is 66.9 Å². The molecule has 3 aromatic carbocycles. The van der Waals surface area contributed by atoms with Crippen LogP contribution in [-0.4, -0.2) is 34.0 Å². The van der Waals surface area contributed by atoms with E-state index in [2.05, 4.69) is 0 Å². The van der Waals surface area contributed by atoms with Crippen molar-refractivity contribution in [1.29, 1.82) is 0 Å². The van der Waals surface area contributed by atoms with E-state index < -0.39 is 10.0 Å². The zero-order valence-electron chi connectivity index (χ0n) is 18.0. The number of carbonyl (C=O) groups excluding carboxylic acids is 1. The lowest BCUT2D eigenvalue weighted by Gasteiger charge is -2.29. The van der Waals surface area contributed by atoms with Crippen LogP contribution < -0.4 is 13.9 Å². The second-order valence-electron chi connectivity index (χ2n) is 7.54. The zero-order valence-corrected chi connectivity index (χ0v) is 18.8. The Bertz CT molecular complexity index is 1180. The summed E-state index contributed by atoms with van der Waals surface area (Å²) in [5, 5.41) is 0. The first-order valence-electron chi connectivity index (χ1n) is 10.7. The molecule has 1 aliphatic heterocycles. The summed E-state index contributed by atoms with van der Waals surface area (Å²) in [6, 6.07) is 23.1. The number of carbonyl (C=O) groups is 1. The first-order chi connectivity index (χ1) is 15.5. The third-order valence-corrected chi connectivity index (χ3v) is 7.43. The normalized spacial score (nSPS) is 13.3. The highest BCUT2D eigenvalue weighted by atomic mass is 32.2. The number of rotatable bonds is 7. The van der Waals surface area contributed by atoms with Gasteiger partial charge in [-0.05, 0) is 67.8 Å². The van der Waals surface area contributed by atoms with Crippen molar-refractivity contribution in [2.24, 2.45) is 0 Å². The van der Waals surface area contributed by atoms with E-state index in [0.717, 1.165) is 18.5 Å². The Labute approximate surface area is 189 Å². The molecule has 166 valence electrons. The maximum absolute atomic E-state index is 13.1. The van der Waals surface area contributed by atoms with Gasteiger partial charge in [0.15, 0.2) is 6.61 Å². The molecule has 6 nitrogen and oxygen atoms in total. The van der Waals surface area contributed by atoms with Crippen molar-refractivity contribution in [2.45, 2.75) is 24.7 Å². The average Bonchev–Trinajstić information content (AvgIpc) is 2.83. The number of nitrogens with zero attached hydrogens (tertiary/aromatic N) is 2. The summed E-state index contributed by atoms with van der Waals surface area (Å²) < 4.78 is 33.2. The minimum absolute atomic E-state index is 0.106. The summed E-state index contributed by atoms with van der Waals surface area (Å²) in [6.07, 6.45) is 1.89. The molecule has 0 unspecified atom stereocenters. The minimum atomic E-state index is -3.70. The molecule has 0 fully saturated rings. The molecule has 0 saturated heterocycles. The fourth-order valence-electron chi connectivity index (χ4n) is 3.94. The maximum atomic E-state index is 13.1. The molecule has 0 saturated carbocycles. The molecule has 3 aromatic rings. The van der Waals surface area contributed by atoms with E-state index in [1.165, 1.54) is 22.0 Å². The molecule has 0 aliphatic carbocycles. The Morgan fingerprint density at radius 3 is 2.38 bits per heavy atom. The molecule has 4 rings (SSSR count). The second-order valence-corrected chi connectivity index (χ2v) is 9.41. The first-order valence-corrected chi connectivity index (χ1v) is 12.1. The van der Waals surface area contributed by atoms with Crippen LogP contribution in [0.15, 0.2) is 83.8 Å². The van der Waals surface area contributed by atoms with Gasteiger partial charge in [0.25, 0.3) is 15.9 Å². The Kier molecular flexibility index (Phi) is 6.46. The monoisotopic (exact) mass is 450 g/mol. The lowest BCUT2D eigenvalue weighted by atomic mass is 10.0. The van der Waals surface area contributed by atoms with E-state index in [4.69, 9.17) is 4.74 Å². The molecule has 1 aliphatic rings. The van der Waals surface area contributed by atoms with Gasteiger partial charge in [0.05, 0.1) is 10.6 Å². The van der Waals surface area contributed by atoms with Gasteiger partial charge in [0, 0.05) is 18.8 Å². The van der Waals surface area contributed by atoms with Crippen LogP contribution in [0.25, 0.3) is 0 Å². The molecular formula is C25H26N2O4S. The van der Waals surface area contributed by atoms with Gasteiger partial charge in [-0.25, -0.2) is 8.42 Å². The van der Waals surface area contributed by atoms with Crippen molar-refractivity contribution < 1.29 is 17.9 Å². The SMILES string of the molecule is CCN(c1ccccc1)S(=O)(=O)c1ccc(OCC(=O)N2CCCc3ccccc32)cc1. The summed E-state index contributed by atoms with van der Waals surface area (Å²) in [7, 11) is -3.70. The van der Waals surface area contributed by atoms with Gasteiger partial charge < -0.3 is 9.64 Å². The largest absolute Gasteiger partial charge is 0.484 e. The van der Waals surface area contributed by atoms with Crippen LogP contribution in [0.3, 0.4) is 0 Å². The number of aryl methyl sites for hydroxylation is 1. The Balaban J connectivity index is 1.44. The average molecular weight is 451 g/mol. The summed E-state index contributed by atoms with van der Waals surface area (Å²) >= 11 is 0. The number of benzene rings is 3. The fraction of sp³-hybridized carbons (Fsp3) is 0.240. The van der Waals surface area contributed by atoms with E-state index in [9.17, 15) is 13.2 Å². The lowest BCUT2D eigenvalue weighted by molar-refractivity contribution is -0.120. The minimum Gasteiger partial charge on any atom is -0.484 e. The van der Waals surface area contributed by atoms with Gasteiger partial charge in [-0.15, -0.1) is 0 Å². The number of ether oxygens (including phenoxy) is 1. The van der Waals surface area contributed by atoms with Crippen molar-refractivity contribution in [1.82, 2.24) is 0 Å². The van der Waals surface area contributed by atoms with E-state index in [1.54, 1.807) is 36.1 Å². The van der Waals surface area contributed by atoms with Gasteiger partial charge in [-0.2, -0.15) is 0 Å². The molecule has 0 bridgehead atoms. The number of sulfonamides is 1. The van der Waals surface area contributed by atoms with Gasteiger partial charge in [0.1, 0.15) is 5.75 Å². The van der Waals surface area contributed by atoms with Crippen LogP contribution in [-0.2, 0) is 21.2 Å². The predicted molar refractivity (Wildman–Crippen MR) is 126 cm³/mol. The molecule has 0 spiro atoms. The number of para-hydroxylation sites is 2. The van der Waals surface area contributed by atoms with E-state index in [-0.39, 0.29) is 17.4 Å². The van der Waals surface area contributed by atoms with Crippen molar-refractivity contribution >= 4 is 27.3 Å². The third-order valence-electron chi connectivity index (χ3n) is 5.52. The molecule has 1 amide bonds. The quantitative estimate of drug-likeness (QED) is 0.539. The van der Waals surface area contributed by atoms with Gasteiger partial charge >= 0.3 is 0 Å². The molecule has 7 heteroatoms. The van der Waals surface area contributed by atoms with Crippen molar-refractivity contribution in [3.63, 3.8) is 0 Å². The van der Waals surface area contributed by atoms with E-state index in [1.807, 2.05) is 42.5 Å². The van der Waals surface area contributed by atoms with Crippen LogP contribution >= 0.6 is 0 Å². The maximum Gasteiger partial charge on any atom is 0.264 e. The number of anilines is 2. The van der Waals surface area contributed by atoms with Gasteiger partial charge in [-0.3, -0.25) is 9.10 Å². The Hall–Kier alpha value is -3.32. The van der Waals surface area contributed by atoms with Crippen LogP contribution in [0.5, 0.6) is 5.75 Å². The lowest BCUT2D eigenvalue weighted by Crippen LogP contribution is -2.38. The molecule has 0 N–H and O–H groups in total. The molecule has 0 aromatic heterocycles. The summed E-state index contributed by atoms with van der Waals surface area (Å²) in [4.78, 5) is 14.7. The van der Waals surface area contributed by atoms with Crippen LogP contribution in [0.2, 0.25) is 0 Å². The Morgan fingerprint density at radius 2 is 1.66 bits per heavy atom. The van der Waals surface area contributed by atoms with E-state index in [0.29, 0.717) is 24.5 Å². The number of amides is 1. The smallest absolute Gasteiger partial charge is 0.264 e. The highest BCUT2D eigenvalue weighted by Crippen LogP contribution is 2.27. The third kappa shape index (κ3) is 4.48. The Morgan fingerprint density at radius 1 is 0.969 bits per heavy atom. The fourth-order valence-corrected chi connectivity index (χ4v) is 5.41. The predicted octanol–water partition coefficient (Wildman–Crippen LogP) is 4.26. The number of hydrogen-bond acceptors (Lipinski definition) is 4. The van der Waals surface area contributed by atoms with E-state index >= 15 is 0 Å². The van der Waals surface area contributed by atoms with Crippen LogP contribution in [0, 0.1) is 0 Å². The van der Waals surface area contributed by atoms with Crippen molar-refractivity contribution in [3.05, 3.63) is 84.4 Å². The molecule has 0 radical (unpaired) electrons. The standard InChI is InChI=1S/C25H26N2O4S/c1-2-27(21-11-4-3-5-12-21)32(29,30)23-16-14-22(15-17-23)31-19-25(28)26-18-8-10-20-9-6-7-13-24(20)26/h3-7,9,11-17H,2,8,10,18-19H2,1H3. The van der Waals surface area contributed by atoms with Crippen LogP contribution in [0.1, 0.15) is 18.9 Å². The number of hydrogen-bond donors (Lipinski definition) is 0. The number of fused-ring (bicyclic) bond motifs is 1. The summed E-state index contributed by atoms with van der Waals surface area (Å²) in [6.45, 7) is 2.68. The summed E-state index contributed by atoms with van der Waals surface area (Å²) in [5.74, 6) is 0.334. The van der Waals surface area contributed by atoms with Crippen molar-refractivity contribution in [3.8, 4) is 5.75 Å². The molecule has 0 atom stereocenters. The van der Waals surface area contributed by atoms with Gasteiger partial charge in [0.2, 0.25) is 0 Å². The summed E-state index contributed by atoms with van der Waals surface area (Å²) in [5.41, 5.74) is 2.72. The zero-order chi connectivity index (χ0) is 22.6. The highest BCUT2D eigenvalue weighted by molar-refractivity contribution is 7.92. The molecular weight excluding hydrogens is 424 g/mol. The highest BCUT2D eigenvalue weighted by Gasteiger charge is 2.24. The first kappa shape index (κ1) is 21.9. The molecule has 32 heavy (non-hydrogen) atoms. The van der Waals surface area contributed by atoms with Gasteiger partial charge in [-0.1, -0.05) is 36.4 Å². The van der Waals surface area contributed by atoms with Crippen molar-refractivity contribution in [2.75, 3.05) is 28.9 Å². The second kappa shape index (κ2) is 9.44.